The van der Waals surface area contributed by atoms with E-state index in [1.165, 1.54) is 33.4 Å². The fraction of sp³-hybridized carbons (Fsp3) is 0.111. The second-order valence-corrected chi connectivity index (χ2v) is 12.0. The smallest absolute Gasteiger partial charge is 0.148 e. The molecule has 1 spiro atoms. The molecule has 3 nitrogen and oxygen atoms in total. The fourth-order valence-electron chi connectivity index (χ4n) is 6.78. The van der Waals surface area contributed by atoms with E-state index in [9.17, 15) is 0 Å². The number of para-hydroxylation sites is 2. The maximum atomic E-state index is 6.51. The molecule has 0 saturated carbocycles. The molecule has 1 aromatic heterocycles. The number of ether oxygens (including phenoxy) is 1. The maximum Gasteiger partial charge on any atom is 0.148 e. The quantitative estimate of drug-likeness (QED) is 0.222. The topological polar surface area (TPSA) is 35.0 Å². The molecule has 1 aliphatic carbocycles. The molecular formula is C36H26N2OS. The van der Waals surface area contributed by atoms with Crippen LogP contribution in [-0.4, -0.2) is 10.2 Å². The molecule has 2 heterocycles. The van der Waals surface area contributed by atoms with Crippen LogP contribution in [0.2, 0.25) is 0 Å². The van der Waals surface area contributed by atoms with Gasteiger partial charge in [0, 0.05) is 27.7 Å². The molecule has 0 bridgehead atoms. The van der Waals surface area contributed by atoms with Gasteiger partial charge >= 0.3 is 0 Å². The van der Waals surface area contributed by atoms with Gasteiger partial charge < -0.3 is 4.74 Å². The van der Waals surface area contributed by atoms with Crippen molar-refractivity contribution >= 4 is 11.3 Å². The highest BCUT2D eigenvalue weighted by Crippen LogP contribution is 2.61. The molecule has 5 aromatic carbocycles. The van der Waals surface area contributed by atoms with Crippen molar-refractivity contribution < 1.29 is 4.74 Å². The SMILES string of the molecule is CC1(C)c2ccccc2C2(c3ccccc3Oc3ccccc32)c2ccc(-c3nnc(-c4ccccc4)s3)cc21. The number of aromatic nitrogens is 2. The standard InChI is InChI=1S/C36H26N2OS/c1-35(2)25-14-6-7-15-26(25)36(28-16-8-10-18-31(28)39-32-19-11-9-17-29(32)36)27-21-20-24(22-30(27)35)34-38-37-33(40-34)23-12-4-3-5-13-23/h3-22H,1-2H3. The van der Waals surface area contributed by atoms with E-state index in [4.69, 9.17) is 4.74 Å². The van der Waals surface area contributed by atoms with Crippen LogP contribution in [0.4, 0.5) is 0 Å². The van der Waals surface area contributed by atoms with Crippen molar-refractivity contribution in [2.24, 2.45) is 0 Å². The van der Waals surface area contributed by atoms with Gasteiger partial charge in [-0.25, -0.2) is 0 Å². The summed E-state index contributed by atoms with van der Waals surface area (Å²) in [5, 5.41) is 11.0. The minimum absolute atomic E-state index is 0.220. The van der Waals surface area contributed by atoms with Crippen molar-refractivity contribution in [1.82, 2.24) is 10.2 Å². The molecule has 40 heavy (non-hydrogen) atoms. The number of benzene rings is 5. The summed E-state index contributed by atoms with van der Waals surface area (Å²) in [5.41, 5.74) is 9.04. The van der Waals surface area contributed by atoms with E-state index < -0.39 is 5.41 Å². The predicted molar refractivity (Wildman–Crippen MR) is 161 cm³/mol. The van der Waals surface area contributed by atoms with Gasteiger partial charge in [-0.3, -0.25) is 0 Å². The Morgan fingerprint density at radius 2 is 1.02 bits per heavy atom. The van der Waals surface area contributed by atoms with Crippen LogP contribution >= 0.6 is 11.3 Å². The Balaban J connectivity index is 1.42. The Bertz CT molecular complexity index is 1880. The highest BCUT2D eigenvalue weighted by molar-refractivity contribution is 7.17. The summed E-state index contributed by atoms with van der Waals surface area (Å²) in [5.74, 6) is 1.81. The fourth-order valence-corrected chi connectivity index (χ4v) is 7.62. The van der Waals surface area contributed by atoms with Gasteiger partial charge in [0.25, 0.3) is 0 Å². The molecule has 0 amide bonds. The number of hydrogen-bond donors (Lipinski definition) is 0. The summed E-state index contributed by atoms with van der Waals surface area (Å²) >= 11 is 1.64. The summed E-state index contributed by atoms with van der Waals surface area (Å²) in [4.78, 5) is 0. The molecule has 192 valence electrons. The Morgan fingerprint density at radius 3 is 1.70 bits per heavy atom. The largest absolute Gasteiger partial charge is 0.457 e. The molecule has 6 aromatic rings. The van der Waals surface area contributed by atoms with E-state index in [2.05, 4.69) is 127 Å². The molecule has 0 fully saturated rings. The van der Waals surface area contributed by atoms with Gasteiger partial charge in [-0.05, 0) is 40.5 Å². The predicted octanol–water partition coefficient (Wildman–Crippen LogP) is 9.00. The van der Waals surface area contributed by atoms with Gasteiger partial charge in [0.2, 0.25) is 0 Å². The van der Waals surface area contributed by atoms with Crippen LogP contribution in [0.15, 0.2) is 121 Å². The lowest BCUT2D eigenvalue weighted by Crippen LogP contribution is -2.43. The maximum absolute atomic E-state index is 6.51. The van der Waals surface area contributed by atoms with Crippen LogP contribution in [0.3, 0.4) is 0 Å². The van der Waals surface area contributed by atoms with Crippen molar-refractivity contribution in [1.29, 1.82) is 0 Å². The lowest BCUT2D eigenvalue weighted by molar-refractivity contribution is 0.425. The third-order valence-corrected chi connectivity index (χ3v) is 9.62. The number of hydrogen-bond acceptors (Lipinski definition) is 4. The van der Waals surface area contributed by atoms with E-state index in [1.54, 1.807) is 11.3 Å². The Morgan fingerprint density at radius 1 is 0.500 bits per heavy atom. The van der Waals surface area contributed by atoms with Crippen LogP contribution in [0, 0.1) is 0 Å². The zero-order valence-corrected chi connectivity index (χ0v) is 23.1. The molecule has 8 rings (SSSR count). The number of nitrogens with zero attached hydrogens (tertiary/aromatic N) is 2. The van der Waals surface area contributed by atoms with Crippen LogP contribution in [0.25, 0.3) is 21.1 Å². The molecule has 0 radical (unpaired) electrons. The zero-order valence-electron chi connectivity index (χ0n) is 22.3. The van der Waals surface area contributed by atoms with Gasteiger partial charge in [0.15, 0.2) is 0 Å². The van der Waals surface area contributed by atoms with Crippen LogP contribution < -0.4 is 4.74 Å². The minimum atomic E-state index is -0.498. The van der Waals surface area contributed by atoms with Gasteiger partial charge in [0.05, 0.1) is 5.41 Å². The molecule has 1 aliphatic heterocycles. The highest BCUT2D eigenvalue weighted by atomic mass is 32.1. The lowest BCUT2D eigenvalue weighted by Gasteiger charge is -2.50. The monoisotopic (exact) mass is 534 g/mol. The third-order valence-electron chi connectivity index (χ3n) is 8.60. The first-order valence-corrected chi connectivity index (χ1v) is 14.4. The molecule has 0 N–H and O–H groups in total. The molecule has 0 atom stereocenters. The Hall–Kier alpha value is -4.54. The first-order chi connectivity index (χ1) is 19.6. The summed E-state index contributed by atoms with van der Waals surface area (Å²) in [6, 6.07) is 43.1. The average molecular weight is 535 g/mol. The van der Waals surface area contributed by atoms with Gasteiger partial charge in [0.1, 0.15) is 21.5 Å². The zero-order chi connectivity index (χ0) is 26.9. The number of rotatable bonds is 2. The molecule has 0 unspecified atom stereocenters. The molecule has 0 saturated heterocycles. The van der Waals surface area contributed by atoms with Crippen LogP contribution in [0.5, 0.6) is 11.5 Å². The van der Waals surface area contributed by atoms with Crippen molar-refractivity contribution in [3.05, 3.63) is 155 Å². The van der Waals surface area contributed by atoms with E-state index in [1.807, 2.05) is 18.2 Å². The van der Waals surface area contributed by atoms with Crippen LogP contribution in [0.1, 0.15) is 47.2 Å². The van der Waals surface area contributed by atoms with E-state index in [-0.39, 0.29) is 5.41 Å². The second-order valence-electron chi connectivity index (χ2n) is 11.1. The van der Waals surface area contributed by atoms with Gasteiger partial charge in [-0.15, -0.1) is 10.2 Å². The first kappa shape index (κ1) is 23.4. The van der Waals surface area contributed by atoms with Crippen molar-refractivity contribution in [2.45, 2.75) is 24.7 Å². The second kappa shape index (κ2) is 8.48. The molecular weight excluding hydrogens is 508 g/mol. The first-order valence-electron chi connectivity index (χ1n) is 13.6. The van der Waals surface area contributed by atoms with Crippen molar-refractivity contribution in [2.75, 3.05) is 0 Å². The Kier molecular flexibility index (Phi) is 4.95. The lowest BCUT2D eigenvalue weighted by atomic mass is 9.53. The van der Waals surface area contributed by atoms with Crippen LogP contribution in [-0.2, 0) is 10.8 Å². The highest BCUT2D eigenvalue weighted by Gasteiger charge is 2.52. The minimum Gasteiger partial charge on any atom is -0.457 e. The normalized spacial score (nSPS) is 15.3. The number of fused-ring (bicyclic) bond motifs is 8. The van der Waals surface area contributed by atoms with E-state index in [0.29, 0.717) is 0 Å². The Labute approximate surface area is 237 Å². The van der Waals surface area contributed by atoms with E-state index >= 15 is 0 Å². The van der Waals surface area contributed by atoms with Gasteiger partial charge in [-0.1, -0.05) is 128 Å². The summed E-state index contributed by atoms with van der Waals surface area (Å²) in [6.45, 7) is 4.68. The third kappa shape index (κ3) is 3.11. The summed E-state index contributed by atoms with van der Waals surface area (Å²) in [6.07, 6.45) is 0. The van der Waals surface area contributed by atoms with Crippen molar-refractivity contribution in [3.8, 4) is 32.6 Å². The van der Waals surface area contributed by atoms with E-state index in [0.717, 1.165) is 32.6 Å². The molecule has 2 aliphatic rings. The summed E-state index contributed by atoms with van der Waals surface area (Å²) < 4.78 is 6.51. The average Bonchev–Trinajstić information content (AvgIpc) is 3.50. The summed E-state index contributed by atoms with van der Waals surface area (Å²) in [7, 11) is 0. The van der Waals surface area contributed by atoms with Crippen molar-refractivity contribution in [3.63, 3.8) is 0 Å². The van der Waals surface area contributed by atoms with Gasteiger partial charge in [-0.2, -0.15) is 0 Å². The molecule has 4 heteroatoms.